The summed E-state index contributed by atoms with van der Waals surface area (Å²) in [6, 6.07) is 17.7. The maximum absolute atomic E-state index is 6.38. The molecule has 0 aliphatic heterocycles. The van der Waals surface area contributed by atoms with Crippen LogP contribution in [0.5, 0.6) is 17.4 Å². The van der Waals surface area contributed by atoms with Crippen molar-refractivity contribution >= 4 is 11.3 Å². The zero-order valence-electron chi connectivity index (χ0n) is 18.3. The van der Waals surface area contributed by atoms with Gasteiger partial charge in [-0.3, -0.25) is 4.40 Å². The summed E-state index contributed by atoms with van der Waals surface area (Å²) in [5.74, 6) is 4.16. The maximum Gasteiger partial charge on any atom is 0.218 e. The third kappa shape index (κ3) is 3.88. The lowest BCUT2D eigenvalue weighted by Gasteiger charge is -2.21. The number of hydrogen-bond acceptors (Lipinski definition) is 5. The highest BCUT2D eigenvalue weighted by molar-refractivity contribution is 5.86. The highest BCUT2D eigenvalue weighted by Gasteiger charge is 2.26. The second-order valence-electron chi connectivity index (χ2n) is 8.19. The number of nitrogens with zero attached hydrogens (tertiary/aromatic N) is 3. The van der Waals surface area contributed by atoms with E-state index in [-0.39, 0.29) is 0 Å². The Balaban J connectivity index is 1.58. The molecule has 2 aromatic heterocycles. The fraction of sp³-hybridized carbons (Fsp3) is 0.308. The number of hydrogen-bond donors (Lipinski definition) is 1. The van der Waals surface area contributed by atoms with Crippen molar-refractivity contribution < 1.29 is 9.47 Å². The summed E-state index contributed by atoms with van der Waals surface area (Å²) in [7, 11) is 0. The number of para-hydroxylation sites is 1. The predicted octanol–water partition coefficient (Wildman–Crippen LogP) is 6.22. The van der Waals surface area contributed by atoms with Crippen molar-refractivity contribution in [3.8, 4) is 28.6 Å². The Labute approximate surface area is 188 Å². The molecule has 0 amide bonds. The third-order valence-corrected chi connectivity index (χ3v) is 6.05. The molecule has 32 heavy (non-hydrogen) atoms. The number of nitrogen functional groups attached to an aromatic ring is 1. The number of aromatic nitrogens is 3. The molecule has 164 valence electrons. The van der Waals surface area contributed by atoms with Crippen molar-refractivity contribution in [2.45, 2.75) is 44.9 Å². The molecule has 2 N–H and O–H groups in total. The Morgan fingerprint density at radius 3 is 2.41 bits per heavy atom. The summed E-state index contributed by atoms with van der Waals surface area (Å²) in [4.78, 5) is 9.53. The van der Waals surface area contributed by atoms with Crippen LogP contribution < -0.4 is 15.2 Å². The molecular weight excluding hydrogens is 400 g/mol. The first kappa shape index (κ1) is 20.4. The molecule has 0 unspecified atom stereocenters. The lowest BCUT2D eigenvalue weighted by Crippen LogP contribution is -2.11. The van der Waals surface area contributed by atoms with Crippen LogP contribution in [0.2, 0.25) is 0 Å². The van der Waals surface area contributed by atoms with Crippen LogP contribution in [0.4, 0.5) is 5.82 Å². The maximum atomic E-state index is 6.38. The van der Waals surface area contributed by atoms with Gasteiger partial charge in [0.05, 0.1) is 12.8 Å². The number of ether oxygens (including phenoxy) is 2. The molecule has 1 aliphatic carbocycles. The Kier molecular flexibility index (Phi) is 5.67. The highest BCUT2D eigenvalue weighted by Crippen LogP contribution is 2.39. The predicted molar refractivity (Wildman–Crippen MR) is 126 cm³/mol. The lowest BCUT2D eigenvalue weighted by atomic mass is 9.89. The lowest BCUT2D eigenvalue weighted by molar-refractivity contribution is 0.316. The smallest absolute Gasteiger partial charge is 0.218 e. The molecule has 1 aliphatic rings. The number of anilines is 1. The van der Waals surface area contributed by atoms with Gasteiger partial charge in [-0.25, -0.2) is 9.97 Å². The summed E-state index contributed by atoms with van der Waals surface area (Å²) >= 11 is 0. The quantitative estimate of drug-likeness (QED) is 0.395. The van der Waals surface area contributed by atoms with Gasteiger partial charge in [-0.15, -0.1) is 0 Å². The standard InChI is InChI=1S/C26H28N4O2/c1-2-31-22-17-28-25(27)24-23(29-26(30(22)24)19-9-5-3-6-10-19)18-13-15-21(16-14-18)32-20-11-7-4-8-12-20/h4,7-8,11-17,19H,2-3,5-6,9-10H2,1H3,(H2,27,28). The van der Waals surface area contributed by atoms with Crippen LogP contribution in [-0.2, 0) is 0 Å². The minimum atomic E-state index is 0.395. The fourth-order valence-corrected chi connectivity index (χ4v) is 4.53. The number of fused-ring (bicyclic) bond motifs is 1. The summed E-state index contributed by atoms with van der Waals surface area (Å²) in [5.41, 5.74) is 9.01. The van der Waals surface area contributed by atoms with E-state index < -0.39 is 0 Å². The Morgan fingerprint density at radius 1 is 0.969 bits per heavy atom. The van der Waals surface area contributed by atoms with Gasteiger partial charge in [-0.05, 0) is 56.2 Å². The van der Waals surface area contributed by atoms with Crippen LogP contribution in [-0.4, -0.2) is 21.0 Å². The second kappa shape index (κ2) is 8.91. The molecule has 6 nitrogen and oxygen atoms in total. The van der Waals surface area contributed by atoms with Crippen molar-refractivity contribution in [3.05, 3.63) is 66.6 Å². The molecule has 2 aromatic carbocycles. The third-order valence-electron chi connectivity index (χ3n) is 6.05. The van der Waals surface area contributed by atoms with Gasteiger partial charge < -0.3 is 15.2 Å². The molecule has 2 heterocycles. The minimum Gasteiger partial charge on any atom is -0.478 e. The molecule has 4 aromatic rings. The van der Waals surface area contributed by atoms with E-state index in [0.29, 0.717) is 24.2 Å². The van der Waals surface area contributed by atoms with Crippen LogP contribution in [0.3, 0.4) is 0 Å². The minimum absolute atomic E-state index is 0.395. The van der Waals surface area contributed by atoms with Crippen molar-refractivity contribution in [3.63, 3.8) is 0 Å². The molecule has 0 radical (unpaired) electrons. The number of benzene rings is 2. The molecule has 0 atom stereocenters. The SMILES string of the molecule is CCOc1cnc(N)c2c(-c3ccc(Oc4ccccc4)cc3)nc(C3CCCCC3)n12. The summed E-state index contributed by atoms with van der Waals surface area (Å²) < 4.78 is 14.0. The van der Waals surface area contributed by atoms with Gasteiger partial charge >= 0.3 is 0 Å². The van der Waals surface area contributed by atoms with Crippen molar-refractivity contribution in [2.24, 2.45) is 0 Å². The number of imidazole rings is 1. The van der Waals surface area contributed by atoms with Gasteiger partial charge in [0, 0.05) is 11.5 Å². The van der Waals surface area contributed by atoms with E-state index in [2.05, 4.69) is 9.38 Å². The molecule has 5 rings (SSSR count). The molecule has 0 spiro atoms. The van der Waals surface area contributed by atoms with Crippen LogP contribution in [0, 0.1) is 0 Å². The zero-order valence-corrected chi connectivity index (χ0v) is 18.3. The Hall–Kier alpha value is -3.54. The van der Waals surface area contributed by atoms with Crippen molar-refractivity contribution in [1.82, 2.24) is 14.4 Å². The van der Waals surface area contributed by atoms with E-state index >= 15 is 0 Å². The molecule has 6 heteroatoms. The first-order valence-corrected chi connectivity index (χ1v) is 11.4. The average Bonchev–Trinajstić information content (AvgIpc) is 3.25. The van der Waals surface area contributed by atoms with Crippen LogP contribution in [0.15, 0.2) is 60.8 Å². The molecule has 1 saturated carbocycles. The molecule has 1 fully saturated rings. The van der Waals surface area contributed by atoms with Gasteiger partial charge in [0.1, 0.15) is 34.4 Å². The number of rotatable bonds is 6. The van der Waals surface area contributed by atoms with Gasteiger partial charge in [-0.2, -0.15) is 0 Å². The highest BCUT2D eigenvalue weighted by atomic mass is 16.5. The Bertz CT molecular complexity index is 1200. The first-order chi connectivity index (χ1) is 15.7. The zero-order chi connectivity index (χ0) is 21.9. The van der Waals surface area contributed by atoms with E-state index in [9.17, 15) is 0 Å². The fourth-order valence-electron chi connectivity index (χ4n) is 4.53. The van der Waals surface area contributed by atoms with E-state index in [1.54, 1.807) is 6.20 Å². The molecule has 0 bridgehead atoms. The molecular formula is C26H28N4O2. The van der Waals surface area contributed by atoms with E-state index in [0.717, 1.165) is 46.9 Å². The van der Waals surface area contributed by atoms with Gasteiger partial charge in [-0.1, -0.05) is 37.5 Å². The van der Waals surface area contributed by atoms with Gasteiger partial charge in [0.15, 0.2) is 0 Å². The normalized spacial score (nSPS) is 14.5. The van der Waals surface area contributed by atoms with E-state index in [4.69, 9.17) is 20.2 Å². The van der Waals surface area contributed by atoms with Gasteiger partial charge in [0.2, 0.25) is 5.88 Å². The van der Waals surface area contributed by atoms with Crippen LogP contribution in [0.25, 0.3) is 16.8 Å². The van der Waals surface area contributed by atoms with E-state index in [1.165, 1.54) is 19.3 Å². The van der Waals surface area contributed by atoms with Crippen molar-refractivity contribution in [1.29, 1.82) is 0 Å². The number of nitrogens with two attached hydrogens (primary N) is 1. The Morgan fingerprint density at radius 2 is 1.69 bits per heavy atom. The monoisotopic (exact) mass is 428 g/mol. The average molecular weight is 429 g/mol. The van der Waals surface area contributed by atoms with Crippen molar-refractivity contribution in [2.75, 3.05) is 12.3 Å². The van der Waals surface area contributed by atoms with Crippen LogP contribution >= 0.6 is 0 Å². The first-order valence-electron chi connectivity index (χ1n) is 11.4. The van der Waals surface area contributed by atoms with Gasteiger partial charge in [0.25, 0.3) is 0 Å². The topological polar surface area (TPSA) is 74.7 Å². The summed E-state index contributed by atoms with van der Waals surface area (Å²) in [6.45, 7) is 2.54. The van der Waals surface area contributed by atoms with E-state index in [1.807, 2.05) is 61.5 Å². The summed E-state index contributed by atoms with van der Waals surface area (Å²) in [5, 5.41) is 0. The van der Waals surface area contributed by atoms with Crippen LogP contribution in [0.1, 0.15) is 50.8 Å². The summed E-state index contributed by atoms with van der Waals surface area (Å²) in [6.07, 6.45) is 7.72. The second-order valence-corrected chi connectivity index (χ2v) is 8.19. The largest absolute Gasteiger partial charge is 0.478 e. The molecule has 0 saturated heterocycles.